The second-order valence-corrected chi connectivity index (χ2v) is 8.19. The maximum atomic E-state index is 10.3. The quantitative estimate of drug-likeness (QED) is 0.845. The van der Waals surface area contributed by atoms with Crippen LogP contribution in [0.4, 0.5) is 0 Å². The minimum absolute atomic E-state index is 0.269. The summed E-state index contributed by atoms with van der Waals surface area (Å²) < 4.78 is 2.12. The Balaban J connectivity index is 1.81. The Bertz CT molecular complexity index is 427. The molecule has 2 atom stereocenters. The molecule has 0 aliphatic heterocycles. The third kappa shape index (κ3) is 5.46. The average molecular weight is 292 g/mol. The molecule has 3 nitrogen and oxygen atoms in total. The molecule has 1 aromatic heterocycles. The van der Waals surface area contributed by atoms with Crippen LogP contribution in [-0.2, 0) is 6.42 Å². The van der Waals surface area contributed by atoms with E-state index in [4.69, 9.17) is 0 Å². The molecule has 2 unspecified atom stereocenters. The number of hydrogen-bond donors (Lipinski definition) is 1. The Morgan fingerprint density at radius 1 is 1.33 bits per heavy atom. The first-order chi connectivity index (χ1) is 9.83. The van der Waals surface area contributed by atoms with Crippen LogP contribution < -0.4 is 0 Å². The maximum absolute atomic E-state index is 10.3. The summed E-state index contributed by atoms with van der Waals surface area (Å²) in [6, 6.07) is 2.67. The minimum Gasteiger partial charge on any atom is -0.393 e. The summed E-state index contributed by atoms with van der Waals surface area (Å²) in [6.07, 6.45) is 9.70. The summed E-state index contributed by atoms with van der Waals surface area (Å²) in [5.41, 5.74) is 1.38. The van der Waals surface area contributed by atoms with Crippen molar-refractivity contribution in [3.05, 3.63) is 18.0 Å². The Morgan fingerprint density at radius 3 is 2.62 bits per heavy atom. The van der Waals surface area contributed by atoms with E-state index in [2.05, 4.69) is 49.7 Å². The molecule has 120 valence electrons. The lowest BCUT2D eigenvalue weighted by Crippen LogP contribution is -2.19. The third-order valence-corrected chi connectivity index (χ3v) is 4.44. The van der Waals surface area contributed by atoms with Gasteiger partial charge in [0.2, 0.25) is 0 Å². The highest BCUT2D eigenvalue weighted by Gasteiger charge is 2.20. The molecule has 1 saturated carbocycles. The van der Waals surface area contributed by atoms with Gasteiger partial charge in [0.25, 0.3) is 0 Å². The Hall–Kier alpha value is -0.830. The van der Waals surface area contributed by atoms with Gasteiger partial charge >= 0.3 is 0 Å². The zero-order chi connectivity index (χ0) is 15.5. The van der Waals surface area contributed by atoms with Gasteiger partial charge in [0.1, 0.15) is 0 Å². The van der Waals surface area contributed by atoms with Crippen LogP contribution >= 0.6 is 0 Å². The van der Waals surface area contributed by atoms with Crippen LogP contribution in [0.3, 0.4) is 0 Å². The van der Waals surface area contributed by atoms with E-state index in [1.54, 1.807) is 0 Å². The molecule has 1 aliphatic carbocycles. The molecule has 2 rings (SSSR count). The maximum Gasteiger partial charge on any atom is 0.0650 e. The first-order valence-corrected chi connectivity index (χ1v) is 8.55. The summed E-state index contributed by atoms with van der Waals surface area (Å²) in [6.45, 7) is 9.03. The second-order valence-electron chi connectivity index (χ2n) is 8.19. The van der Waals surface area contributed by atoms with Gasteiger partial charge in [-0.25, -0.2) is 0 Å². The smallest absolute Gasteiger partial charge is 0.0650 e. The first kappa shape index (κ1) is 16.5. The molecular weight excluding hydrogens is 260 g/mol. The van der Waals surface area contributed by atoms with Crippen LogP contribution in [0.2, 0.25) is 0 Å². The Labute approximate surface area is 129 Å². The average Bonchev–Trinajstić information content (AvgIpc) is 2.94. The van der Waals surface area contributed by atoms with Crippen molar-refractivity contribution in [2.75, 3.05) is 0 Å². The number of hydrogen-bond acceptors (Lipinski definition) is 2. The van der Waals surface area contributed by atoms with Gasteiger partial charge in [-0.2, -0.15) is 5.10 Å². The lowest BCUT2D eigenvalue weighted by Gasteiger charge is -2.24. The van der Waals surface area contributed by atoms with Crippen LogP contribution in [0.5, 0.6) is 0 Å². The topological polar surface area (TPSA) is 38.0 Å². The summed E-state index contributed by atoms with van der Waals surface area (Å²) in [4.78, 5) is 0. The van der Waals surface area contributed by atoms with E-state index in [9.17, 15) is 5.11 Å². The minimum atomic E-state index is -0.269. The van der Waals surface area contributed by atoms with E-state index in [-0.39, 0.29) is 6.10 Å². The van der Waals surface area contributed by atoms with Crippen LogP contribution in [-0.4, -0.2) is 21.0 Å². The summed E-state index contributed by atoms with van der Waals surface area (Å²) >= 11 is 0. The molecule has 0 spiro atoms. The van der Waals surface area contributed by atoms with Crippen molar-refractivity contribution in [3.8, 4) is 0 Å². The molecule has 0 bridgehead atoms. The van der Waals surface area contributed by atoms with Crippen LogP contribution in [0, 0.1) is 11.3 Å². The predicted octanol–water partition coefficient (Wildman–Crippen LogP) is 4.36. The third-order valence-electron chi connectivity index (χ3n) is 4.44. The van der Waals surface area contributed by atoms with E-state index in [0.717, 1.165) is 18.5 Å². The normalized spacial score (nSPS) is 19.9. The lowest BCUT2D eigenvalue weighted by atomic mass is 9.83. The fourth-order valence-corrected chi connectivity index (χ4v) is 3.78. The van der Waals surface area contributed by atoms with Crippen LogP contribution in [0.15, 0.2) is 12.3 Å². The number of nitrogens with zero attached hydrogens (tertiary/aromatic N) is 2. The van der Waals surface area contributed by atoms with Crippen molar-refractivity contribution < 1.29 is 5.11 Å². The molecular formula is C18H32N2O. The van der Waals surface area contributed by atoms with Gasteiger partial charge in [-0.3, -0.25) is 4.68 Å². The zero-order valence-corrected chi connectivity index (χ0v) is 14.2. The number of rotatable bonds is 6. The van der Waals surface area contributed by atoms with Gasteiger partial charge in [-0.05, 0) is 43.1 Å². The van der Waals surface area contributed by atoms with Crippen molar-refractivity contribution >= 4 is 0 Å². The van der Waals surface area contributed by atoms with Crippen molar-refractivity contribution in [1.29, 1.82) is 0 Å². The fourth-order valence-electron chi connectivity index (χ4n) is 3.78. The first-order valence-electron chi connectivity index (χ1n) is 8.55. The van der Waals surface area contributed by atoms with Crippen LogP contribution in [0.25, 0.3) is 0 Å². The van der Waals surface area contributed by atoms with E-state index < -0.39 is 0 Å². The summed E-state index contributed by atoms with van der Waals surface area (Å²) in [5.74, 6) is 0.553. The van der Waals surface area contributed by atoms with Crippen molar-refractivity contribution in [1.82, 2.24) is 9.78 Å². The molecule has 1 N–H and O–H groups in total. The van der Waals surface area contributed by atoms with E-state index in [1.165, 1.54) is 25.7 Å². The second kappa shape index (κ2) is 6.95. The Morgan fingerprint density at radius 2 is 2.00 bits per heavy atom. The standard InChI is InChI=1S/C18H32N2O/c1-14(13-18(2,3)4)11-17(21)12-15-9-10-20(19-15)16-7-5-6-8-16/h9-10,14,16-17,21H,5-8,11-13H2,1-4H3. The molecule has 0 aromatic carbocycles. The summed E-state index contributed by atoms with van der Waals surface area (Å²) in [5, 5.41) is 15.0. The molecule has 1 heterocycles. The fraction of sp³-hybridized carbons (Fsp3) is 0.833. The van der Waals surface area contributed by atoms with Gasteiger partial charge < -0.3 is 5.11 Å². The molecule has 0 amide bonds. The van der Waals surface area contributed by atoms with E-state index in [1.807, 2.05) is 0 Å². The highest BCUT2D eigenvalue weighted by atomic mass is 16.3. The SMILES string of the molecule is CC(CC(O)Cc1ccn(C2CCCC2)n1)CC(C)(C)C. The largest absolute Gasteiger partial charge is 0.393 e. The van der Waals surface area contributed by atoms with Gasteiger partial charge in [0.15, 0.2) is 0 Å². The lowest BCUT2D eigenvalue weighted by molar-refractivity contribution is 0.131. The van der Waals surface area contributed by atoms with Crippen molar-refractivity contribution in [2.24, 2.45) is 11.3 Å². The van der Waals surface area contributed by atoms with Crippen molar-refractivity contribution in [3.63, 3.8) is 0 Å². The predicted molar refractivity (Wildman–Crippen MR) is 87.3 cm³/mol. The molecule has 1 fully saturated rings. The Kier molecular flexibility index (Phi) is 5.48. The monoisotopic (exact) mass is 292 g/mol. The molecule has 21 heavy (non-hydrogen) atoms. The molecule has 0 radical (unpaired) electrons. The van der Waals surface area contributed by atoms with Crippen molar-refractivity contribution in [2.45, 2.75) is 84.8 Å². The molecule has 0 saturated heterocycles. The summed E-state index contributed by atoms with van der Waals surface area (Å²) in [7, 11) is 0. The molecule has 1 aromatic rings. The number of aliphatic hydroxyl groups excluding tert-OH is 1. The molecule has 1 aliphatic rings. The number of aromatic nitrogens is 2. The van der Waals surface area contributed by atoms with Gasteiger partial charge in [0.05, 0.1) is 17.8 Å². The van der Waals surface area contributed by atoms with E-state index >= 15 is 0 Å². The highest BCUT2D eigenvalue weighted by molar-refractivity contribution is 5.02. The van der Waals surface area contributed by atoms with Gasteiger partial charge in [0, 0.05) is 12.6 Å². The van der Waals surface area contributed by atoms with Gasteiger partial charge in [-0.15, -0.1) is 0 Å². The van der Waals surface area contributed by atoms with E-state index in [0.29, 0.717) is 23.8 Å². The number of aliphatic hydroxyl groups is 1. The zero-order valence-electron chi connectivity index (χ0n) is 14.2. The molecule has 3 heteroatoms. The van der Waals surface area contributed by atoms with Crippen LogP contribution in [0.1, 0.15) is 78.0 Å². The highest BCUT2D eigenvalue weighted by Crippen LogP contribution is 2.29. The van der Waals surface area contributed by atoms with Gasteiger partial charge in [-0.1, -0.05) is 40.5 Å².